The van der Waals surface area contributed by atoms with E-state index in [2.05, 4.69) is 78.9 Å². The Morgan fingerprint density at radius 1 is 0.821 bits per heavy atom. The summed E-state index contributed by atoms with van der Waals surface area (Å²) < 4.78 is 7.03. The van der Waals surface area contributed by atoms with Crippen molar-refractivity contribution >= 4 is 20.3 Å². The zero-order chi connectivity index (χ0) is 28.3. The van der Waals surface area contributed by atoms with Gasteiger partial charge in [0.2, 0.25) is 0 Å². The lowest BCUT2D eigenvalue weighted by atomic mass is 9.84. The first-order valence-electron chi connectivity index (χ1n) is 13.4. The molecule has 0 aliphatic carbocycles. The van der Waals surface area contributed by atoms with Gasteiger partial charge < -0.3 is 14.5 Å². The summed E-state index contributed by atoms with van der Waals surface area (Å²) in [5.41, 5.74) is 3.63. The third-order valence-electron chi connectivity index (χ3n) is 6.47. The lowest BCUT2D eigenvalue weighted by molar-refractivity contribution is -0.0440. The molecular weight excluding hydrogens is 525 g/mol. The maximum atomic E-state index is 10.1. The van der Waals surface area contributed by atoms with E-state index in [9.17, 15) is 15.0 Å². The predicted octanol–water partition coefficient (Wildman–Crippen LogP) is 6.56. The van der Waals surface area contributed by atoms with Crippen LogP contribution in [0.2, 0.25) is 0 Å². The average molecular weight is 566 g/mol. The second-order valence-electron chi connectivity index (χ2n) is 9.86. The van der Waals surface area contributed by atoms with Crippen molar-refractivity contribution in [3.63, 3.8) is 0 Å². The summed E-state index contributed by atoms with van der Waals surface area (Å²) >= 11 is 1.86. The molecule has 1 unspecified atom stereocenters. The van der Waals surface area contributed by atoms with Crippen molar-refractivity contribution in [3.05, 3.63) is 108 Å². The Morgan fingerprint density at radius 3 is 1.62 bits per heavy atom. The van der Waals surface area contributed by atoms with Gasteiger partial charge in [-0.15, -0.1) is 11.8 Å². The summed E-state index contributed by atoms with van der Waals surface area (Å²) in [5, 5.41) is 11.7. The fraction of sp³-hybridized carbons (Fsp3) is 0.387. The van der Waals surface area contributed by atoms with Crippen molar-refractivity contribution in [2.45, 2.75) is 57.1 Å². The molecule has 0 radical (unpaired) electrons. The van der Waals surface area contributed by atoms with Gasteiger partial charge in [-0.05, 0) is 56.6 Å². The minimum Gasteiger partial charge on any atom is -0.362 e. The first-order chi connectivity index (χ1) is 18.8. The van der Waals surface area contributed by atoms with Gasteiger partial charge >= 0.3 is 0 Å². The normalized spacial score (nSPS) is 13.0. The molecule has 0 aliphatic heterocycles. The largest absolute Gasteiger partial charge is 0.362 e. The molecule has 3 aromatic carbocycles. The first-order valence-corrected chi connectivity index (χ1v) is 15.5. The lowest BCUT2D eigenvalue weighted by Gasteiger charge is -2.41. The Kier molecular flexibility index (Phi) is 12.4. The Morgan fingerprint density at radius 2 is 1.26 bits per heavy atom. The second-order valence-corrected chi connectivity index (χ2v) is 12.2. The minimum atomic E-state index is -2.40. The molecule has 39 heavy (non-hydrogen) atoms. The number of hydrogen-bond acceptors (Lipinski definition) is 7. The number of nitriles is 1. The SMILES string of the molecule is CC(C)N(C(C)C)N(CC(C#N)OCCCSC(c1ccccc1)(c1ccccc1)c1ccccc1)P(O)O. The van der Waals surface area contributed by atoms with E-state index in [-0.39, 0.29) is 18.6 Å². The quantitative estimate of drug-likeness (QED) is 0.0935. The van der Waals surface area contributed by atoms with Crippen LogP contribution in [0, 0.1) is 11.3 Å². The van der Waals surface area contributed by atoms with Crippen LogP contribution in [0.1, 0.15) is 50.8 Å². The van der Waals surface area contributed by atoms with Crippen LogP contribution in [0.5, 0.6) is 0 Å². The Hall–Kier alpha value is -2.27. The molecule has 0 fully saturated rings. The molecule has 8 heteroatoms. The number of ether oxygens (including phenoxy) is 1. The average Bonchev–Trinajstić information content (AvgIpc) is 2.94. The molecule has 1 atom stereocenters. The summed E-state index contributed by atoms with van der Waals surface area (Å²) in [5.74, 6) is 0.803. The maximum Gasteiger partial charge on any atom is 0.268 e. The number of hydrazine groups is 1. The summed E-state index contributed by atoms with van der Waals surface area (Å²) in [6.07, 6.45) is -0.0382. The molecule has 208 valence electrons. The molecule has 2 N–H and O–H groups in total. The van der Waals surface area contributed by atoms with Crippen LogP contribution >= 0.6 is 20.3 Å². The second kappa shape index (κ2) is 15.5. The van der Waals surface area contributed by atoms with Crippen LogP contribution in [0.4, 0.5) is 0 Å². The van der Waals surface area contributed by atoms with Crippen LogP contribution in [-0.2, 0) is 9.48 Å². The van der Waals surface area contributed by atoms with Crippen molar-refractivity contribution in [3.8, 4) is 6.07 Å². The Balaban J connectivity index is 1.74. The highest BCUT2D eigenvalue weighted by Gasteiger charge is 2.36. The van der Waals surface area contributed by atoms with Gasteiger partial charge in [0.05, 0.1) is 17.4 Å². The van der Waals surface area contributed by atoms with Crippen LogP contribution < -0.4 is 0 Å². The van der Waals surface area contributed by atoms with Gasteiger partial charge in [-0.2, -0.15) is 10.0 Å². The van der Waals surface area contributed by atoms with E-state index in [0.29, 0.717) is 6.61 Å². The number of hydrogen-bond donors (Lipinski definition) is 2. The van der Waals surface area contributed by atoms with Crippen molar-refractivity contribution < 1.29 is 14.5 Å². The summed E-state index contributed by atoms with van der Waals surface area (Å²) in [4.78, 5) is 20.2. The summed E-state index contributed by atoms with van der Waals surface area (Å²) in [6, 6.07) is 34.0. The van der Waals surface area contributed by atoms with Crippen LogP contribution in [0.3, 0.4) is 0 Å². The predicted molar refractivity (Wildman–Crippen MR) is 162 cm³/mol. The molecule has 0 spiro atoms. The lowest BCUT2D eigenvalue weighted by Crippen LogP contribution is -2.50. The van der Waals surface area contributed by atoms with Gasteiger partial charge in [0.25, 0.3) is 8.53 Å². The van der Waals surface area contributed by atoms with Crippen molar-refractivity contribution in [2.75, 3.05) is 18.9 Å². The molecule has 6 nitrogen and oxygen atoms in total. The van der Waals surface area contributed by atoms with E-state index < -0.39 is 19.4 Å². The van der Waals surface area contributed by atoms with Crippen LogP contribution in [0.25, 0.3) is 0 Å². The number of thioether (sulfide) groups is 1. The van der Waals surface area contributed by atoms with E-state index in [4.69, 9.17) is 4.74 Å². The highest BCUT2D eigenvalue weighted by molar-refractivity contribution is 8.00. The highest BCUT2D eigenvalue weighted by Crippen LogP contribution is 2.48. The monoisotopic (exact) mass is 565 g/mol. The van der Waals surface area contributed by atoms with E-state index in [0.717, 1.165) is 12.2 Å². The maximum absolute atomic E-state index is 10.1. The fourth-order valence-electron chi connectivity index (χ4n) is 4.95. The van der Waals surface area contributed by atoms with E-state index in [1.165, 1.54) is 21.5 Å². The molecule has 0 heterocycles. The van der Waals surface area contributed by atoms with Crippen molar-refractivity contribution in [2.24, 2.45) is 0 Å². The third-order valence-corrected chi connectivity index (χ3v) is 8.89. The van der Waals surface area contributed by atoms with Gasteiger partial charge in [0, 0.05) is 18.7 Å². The molecule has 0 saturated heterocycles. The van der Waals surface area contributed by atoms with E-state index >= 15 is 0 Å². The van der Waals surface area contributed by atoms with Crippen LogP contribution in [-0.4, -0.2) is 56.7 Å². The third kappa shape index (κ3) is 8.13. The molecule has 0 bridgehead atoms. The van der Waals surface area contributed by atoms with Gasteiger partial charge in [0.1, 0.15) is 0 Å². The van der Waals surface area contributed by atoms with Gasteiger partial charge in [0.15, 0.2) is 6.10 Å². The minimum absolute atomic E-state index is 0.0483. The van der Waals surface area contributed by atoms with Gasteiger partial charge in [-0.1, -0.05) is 91.0 Å². The first kappa shape index (κ1) is 31.3. The van der Waals surface area contributed by atoms with Crippen molar-refractivity contribution in [1.82, 2.24) is 9.79 Å². The molecular formula is C31H40N3O3PS. The topological polar surface area (TPSA) is 80.0 Å². The smallest absolute Gasteiger partial charge is 0.268 e. The molecule has 0 aromatic heterocycles. The van der Waals surface area contributed by atoms with E-state index in [1.54, 1.807) is 0 Å². The van der Waals surface area contributed by atoms with Gasteiger partial charge in [-0.25, -0.2) is 5.01 Å². The zero-order valence-electron chi connectivity index (χ0n) is 23.2. The fourth-order valence-corrected chi connectivity index (χ4v) is 7.32. The number of nitrogens with zero attached hydrogens (tertiary/aromatic N) is 3. The highest BCUT2D eigenvalue weighted by atomic mass is 32.2. The van der Waals surface area contributed by atoms with Gasteiger partial charge in [-0.3, -0.25) is 0 Å². The van der Waals surface area contributed by atoms with E-state index in [1.807, 2.05) is 62.7 Å². The summed E-state index contributed by atoms with van der Waals surface area (Å²) in [7, 11) is -2.40. The zero-order valence-corrected chi connectivity index (χ0v) is 24.9. The molecule has 3 aromatic rings. The Labute approximate surface area is 239 Å². The molecule has 0 saturated carbocycles. The summed E-state index contributed by atoms with van der Waals surface area (Å²) in [6.45, 7) is 8.45. The Bertz CT molecular complexity index is 1040. The van der Waals surface area contributed by atoms with Crippen molar-refractivity contribution in [1.29, 1.82) is 5.26 Å². The molecule has 3 rings (SSSR count). The number of rotatable bonds is 15. The molecule has 0 aliphatic rings. The standard InChI is InChI=1S/C31H40N3O3PS/c1-25(2)34(26(3)4)33(38(35)36)24-30(23-32)37-21-14-22-39-31(27-15-8-5-9-16-27,28-17-10-6-11-18-28)29-19-12-7-13-20-29/h5-13,15-20,25-26,30,35-36H,14,21-22,24H2,1-4H3. The number of benzene rings is 3. The molecule has 0 amide bonds. The van der Waals surface area contributed by atoms with Crippen LogP contribution in [0.15, 0.2) is 91.0 Å².